The fourth-order valence-electron chi connectivity index (χ4n) is 13.6. The first-order valence-corrected chi connectivity index (χ1v) is 43.5. The van der Waals surface area contributed by atoms with E-state index in [1.807, 2.05) is 0 Å². The normalized spacial score (nSPS) is 12.1. The second-order valence-corrected chi connectivity index (χ2v) is 43.6. The van der Waals surface area contributed by atoms with Crippen molar-refractivity contribution in [3.05, 3.63) is 309 Å². The average Bonchev–Trinajstić information content (AvgIpc) is 0.734. The molecule has 0 aliphatic heterocycles. The summed E-state index contributed by atoms with van der Waals surface area (Å²) in [6.07, 6.45) is 0. The van der Waals surface area contributed by atoms with Gasteiger partial charge in [-0.15, -0.1) is 0 Å². The summed E-state index contributed by atoms with van der Waals surface area (Å²) in [5.41, 5.74) is 12.8. The Morgan fingerprint density at radius 3 is 0.521 bits per heavy atom. The van der Waals surface area contributed by atoms with E-state index in [9.17, 15) is 0 Å². The monoisotopic (exact) mass is 1260 g/mol. The summed E-state index contributed by atoms with van der Waals surface area (Å²) in [5, 5.41) is 18.4. The van der Waals surface area contributed by atoms with Crippen molar-refractivity contribution in [3.8, 4) is 0 Å². The van der Waals surface area contributed by atoms with Gasteiger partial charge in [0.2, 0.25) is 0 Å². The SMILES string of the molecule is C[Si](C)(C)c1ccc(N(c2ccc([Si](C)(C)C)cc2N(c2ccc3ccccc3c2)c2ccc3ccccc3c2)c2ccc([Si](C)(C)C)cc2N(c2ccc3ccccc3c2)c2ccc3ccccc3c2)c(N(c2ccc3ccccc3c2)c2ccc3ccccc3c2)c1. The topological polar surface area (TPSA) is 13.0 Å². The fraction of sp³-hybridized carbons (Fsp3) is 0.103. The maximum absolute atomic E-state index is 2.66. The van der Waals surface area contributed by atoms with Gasteiger partial charge in [-0.1, -0.05) is 275 Å². The molecule has 0 aliphatic carbocycles. The second kappa shape index (κ2) is 24.0. The molecular formula is C87H78N4Si3. The second-order valence-electron chi connectivity index (χ2n) is 28.4. The highest BCUT2D eigenvalue weighted by molar-refractivity contribution is 6.89. The van der Waals surface area contributed by atoms with Gasteiger partial charge in [0.25, 0.3) is 0 Å². The minimum Gasteiger partial charge on any atom is -0.308 e. The van der Waals surface area contributed by atoms with Crippen LogP contribution in [0.4, 0.5) is 68.2 Å². The van der Waals surface area contributed by atoms with Gasteiger partial charge in [0.1, 0.15) is 0 Å². The summed E-state index contributed by atoms with van der Waals surface area (Å²) in [7, 11) is -6.15. The van der Waals surface area contributed by atoms with Crippen LogP contribution in [0.2, 0.25) is 58.9 Å². The Hall–Kier alpha value is -10.3. The molecule has 0 saturated carbocycles. The van der Waals surface area contributed by atoms with Gasteiger partial charge in [0, 0.05) is 34.1 Å². The van der Waals surface area contributed by atoms with E-state index in [-0.39, 0.29) is 0 Å². The lowest BCUT2D eigenvalue weighted by atomic mass is 10.0. The highest BCUT2D eigenvalue weighted by Gasteiger charge is 2.34. The lowest BCUT2D eigenvalue weighted by Gasteiger charge is -2.40. The van der Waals surface area contributed by atoms with Gasteiger partial charge in [-0.2, -0.15) is 0 Å². The molecule has 0 spiro atoms. The van der Waals surface area contributed by atoms with E-state index in [2.05, 4.69) is 388 Å². The maximum atomic E-state index is 2.66. The van der Waals surface area contributed by atoms with Crippen molar-refractivity contribution in [3.63, 3.8) is 0 Å². The number of benzene rings is 15. The van der Waals surface area contributed by atoms with E-state index in [4.69, 9.17) is 0 Å². The van der Waals surface area contributed by atoms with E-state index in [0.717, 1.165) is 68.2 Å². The van der Waals surface area contributed by atoms with Crippen molar-refractivity contribution in [1.82, 2.24) is 0 Å². The zero-order valence-corrected chi connectivity index (χ0v) is 58.2. The fourth-order valence-corrected chi connectivity index (χ4v) is 17.1. The summed E-state index contributed by atoms with van der Waals surface area (Å²) in [5.74, 6) is 0. The molecule has 0 atom stereocenters. The molecule has 0 aromatic heterocycles. The largest absolute Gasteiger partial charge is 0.308 e. The third-order valence-corrected chi connectivity index (χ3v) is 25.0. The van der Waals surface area contributed by atoms with Gasteiger partial charge in [0.15, 0.2) is 0 Å². The van der Waals surface area contributed by atoms with Crippen LogP contribution in [-0.2, 0) is 0 Å². The third kappa shape index (κ3) is 11.5. The van der Waals surface area contributed by atoms with Crippen LogP contribution in [0.15, 0.2) is 309 Å². The smallest absolute Gasteiger partial charge is 0.0776 e. The van der Waals surface area contributed by atoms with Crippen LogP contribution >= 0.6 is 0 Å². The van der Waals surface area contributed by atoms with Gasteiger partial charge >= 0.3 is 0 Å². The van der Waals surface area contributed by atoms with Crippen LogP contribution in [0.1, 0.15) is 0 Å². The molecule has 0 saturated heterocycles. The number of fused-ring (bicyclic) bond motifs is 6. The Morgan fingerprint density at radius 2 is 0.340 bits per heavy atom. The van der Waals surface area contributed by atoms with Crippen LogP contribution in [0, 0.1) is 0 Å². The molecular weight excluding hydrogens is 1190 g/mol. The van der Waals surface area contributed by atoms with Crippen LogP contribution in [0.5, 0.6) is 0 Å². The highest BCUT2D eigenvalue weighted by Crippen LogP contribution is 2.54. The predicted octanol–water partition coefficient (Wildman–Crippen LogP) is 24.1. The zero-order chi connectivity index (χ0) is 64.5. The van der Waals surface area contributed by atoms with Crippen molar-refractivity contribution in [2.24, 2.45) is 0 Å². The molecule has 0 heterocycles. The maximum Gasteiger partial charge on any atom is 0.0776 e. The molecule has 0 radical (unpaired) electrons. The molecule has 7 heteroatoms. The van der Waals surface area contributed by atoms with Gasteiger partial charge < -0.3 is 19.6 Å². The van der Waals surface area contributed by atoms with E-state index in [1.165, 1.54) is 80.2 Å². The molecule has 94 heavy (non-hydrogen) atoms. The molecule has 0 N–H and O–H groups in total. The Morgan fingerprint density at radius 1 is 0.160 bits per heavy atom. The van der Waals surface area contributed by atoms with Crippen LogP contribution in [-0.4, -0.2) is 24.2 Å². The zero-order valence-electron chi connectivity index (χ0n) is 55.2. The Labute approximate surface area is 556 Å². The number of rotatable bonds is 15. The summed E-state index contributed by atoms with van der Waals surface area (Å²) < 4.78 is 0. The van der Waals surface area contributed by atoms with Crippen LogP contribution < -0.4 is 35.2 Å². The summed E-state index contributed by atoms with van der Waals surface area (Å²) >= 11 is 0. The van der Waals surface area contributed by atoms with Crippen molar-refractivity contribution < 1.29 is 0 Å². The quantitative estimate of drug-likeness (QED) is 0.0949. The van der Waals surface area contributed by atoms with E-state index >= 15 is 0 Å². The summed E-state index contributed by atoms with van der Waals surface area (Å²) in [6.45, 7) is 22.3. The summed E-state index contributed by atoms with van der Waals surface area (Å²) in [4.78, 5) is 10.3. The molecule has 0 aliphatic rings. The average molecular weight is 1260 g/mol. The first kappa shape index (κ1) is 60.0. The molecule has 0 bridgehead atoms. The van der Waals surface area contributed by atoms with Crippen LogP contribution in [0.3, 0.4) is 0 Å². The van der Waals surface area contributed by atoms with Crippen molar-refractivity contribution in [2.45, 2.75) is 58.9 Å². The first-order valence-electron chi connectivity index (χ1n) is 33.0. The highest BCUT2D eigenvalue weighted by atomic mass is 28.3. The minimum absolute atomic E-state index is 1.04. The lowest BCUT2D eigenvalue weighted by Crippen LogP contribution is -2.39. The Kier molecular flexibility index (Phi) is 15.3. The molecule has 4 nitrogen and oxygen atoms in total. The van der Waals surface area contributed by atoms with Crippen LogP contribution in [0.25, 0.3) is 64.6 Å². The van der Waals surface area contributed by atoms with Gasteiger partial charge in [-0.3, -0.25) is 0 Å². The lowest BCUT2D eigenvalue weighted by molar-refractivity contribution is 1.19. The number of hydrogen-bond donors (Lipinski definition) is 0. The molecule has 0 amide bonds. The van der Waals surface area contributed by atoms with Gasteiger partial charge in [-0.25, -0.2) is 0 Å². The summed E-state index contributed by atoms with van der Waals surface area (Å²) in [6, 6.07) is 117. The molecule has 0 unspecified atom stereocenters. The molecule has 15 aromatic carbocycles. The van der Waals surface area contributed by atoms with E-state index in [0.29, 0.717) is 0 Å². The Bertz CT molecular complexity index is 4630. The van der Waals surface area contributed by atoms with Gasteiger partial charge in [-0.05, 0) is 174 Å². The van der Waals surface area contributed by atoms with Crippen molar-refractivity contribution in [2.75, 3.05) is 19.6 Å². The minimum atomic E-state index is -2.05. The standard InChI is InChI=1S/C87H78N4Si3/c1-92(2,3)79-46-49-82(85(58-79)88(73-40-34-61-22-10-16-28-67(61)52-73)74-41-35-62-23-11-17-29-68(62)53-74)91(83-50-47-80(93(4,5)6)59-86(83)89(75-42-36-63-24-12-18-30-69(63)54-75)76-43-37-64-25-13-19-31-70(64)55-76)84-51-48-81(94(7,8)9)60-87(84)90(77-44-38-65-26-14-20-32-71(65)56-77)78-45-39-66-27-15-21-33-72(66)57-78/h10-60H,1-9H3. The number of hydrogen-bond acceptors (Lipinski definition) is 4. The predicted molar refractivity (Wildman–Crippen MR) is 419 cm³/mol. The molecule has 458 valence electrons. The van der Waals surface area contributed by atoms with E-state index < -0.39 is 24.2 Å². The molecule has 15 rings (SSSR count). The number of nitrogens with zero attached hydrogens (tertiary/aromatic N) is 4. The van der Waals surface area contributed by atoms with Crippen molar-refractivity contribution >= 4 is 173 Å². The first-order chi connectivity index (χ1) is 45.5. The van der Waals surface area contributed by atoms with Gasteiger partial charge in [0.05, 0.1) is 58.3 Å². The molecule has 0 fully saturated rings. The third-order valence-electron chi connectivity index (χ3n) is 18.9. The van der Waals surface area contributed by atoms with E-state index in [1.54, 1.807) is 0 Å². The van der Waals surface area contributed by atoms with Crippen molar-refractivity contribution in [1.29, 1.82) is 0 Å². The number of anilines is 12. The molecule has 15 aromatic rings. The Balaban J connectivity index is 1.12.